The van der Waals surface area contributed by atoms with Crippen LogP contribution in [0, 0.1) is 20.8 Å². The van der Waals surface area contributed by atoms with Crippen molar-refractivity contribution >= 4 is 11.6 Å². The molecule has 0 unspecified atom stereocenters. The van der Waals surface area contributed by atoms with Crippen molar-refractivity contribution < 1.29 is 9.90 Å². The Balaban J connectivity index is 2.38. The van der Waals surface area contributed by atoms with E-state index in [1.807, 2.05) is 26.0 Å². The molecule has 0 atom stereocenters. The maximum Gasteiger partial charge on any atom is 0.336 e. The first-order valence-corrected chi connectivity index (χ1v) is 6.50. The molecular formula is C15H14N4O2. The Hall–Kier alpha value is -2.76. The lowest BCUT2D eigenvalue weighted by Gasteiger charge is -2.11. The Morgan fingerprint density at radius 3 is 2.57 bits per heavy atom. The fraction of sp³-hybridized carbons (Fsp3) is 0.200. The summed E-state index contributed by atoms with van der Waals surface area (Å²) in [5.41, 5.74) is 3.86. The first kappa shape index (κ1) is 13.2. The molecule has 2 aromatic heterocycles. The molecule has 3 aromatic rings. The van der Waals surface area contributed by atoms with Gasteiger partial charge in [-0.25, -0.2) is 9.78 Å². The van der Waals surface area contributed by atoms with Gasteiger partial charge < -0.3 is 5.11 Å². The van der Waals surface area contributed by atoms with E-state index in [9.17, 15) is 9.90 Å². The second-order valence-electron chi connectivity index (χ2n) is 5.04. The van der Waals surface area contributed by atoms with Crippen LogP contribution in [0.3, 0.4) is 0 Å². The number of carbonyl (C=O) groups is 1. The Kier molecular flexibility index (Phi) is 2.94. The van der Waals surface area contributed by atoms with E-state index in [4.69, 9.17) is 0 Å². The van der Waals surface area contributed by atoms with Crippen LogP contribution in [0.1, 0.15) is 27.2 Å². The third kappa shape index (κ3) is 2.05. The number of nitrogens with zero attached hydrogens (tertiary/aromatic N) is 4. The van der Waals surface area contributed by atoms with Crippen molar-refractivity contribution in [1.82, 2.24) is 19.6 Å². The molecule has 2 heterocycles. The molecule has 0 aliphatic heterocycles. The number of rotatable bonds is 2. The second kappa shape index (κ2) is 4.66. The van der Waals surface area contributed by atoms with Crippen molar-refractivity contribution in [2.24, 2.45) is 0 Å². The lowest BCUT2D eigenvalue weighted by Crippen LogP contribution is -2.06. The van der Waals surface area contributed by atoms with Gasteiger partial charge in [-0.3, -0.25) is 4.40 Å². The summed E-state index contributed by atoms with van der Waals surface area (Å²) >= 11 is 0. The summed E-state index contributed by atoms with van der Waals surface area (Å²) in [6.07, 6.45) is 1.62. The number of aromatic nitrogens is 4. The largest absolute Gasteiger partial charge is 0.478 e. The molecule has 0 aliphatic rings. The van der Waals surface area contributed by atoms with Gasteiger partial charge in [0.2, 0.25) is 0 Å². The molecule has 0 amide bonds. The van der Waals surface area contributed by atoms with Gasteiger partial charge in [-0.15, -0.1) is 10.2 Å². The van der Waals surface area contributed by atoms with Gasteiger partial charge in [0.25, 0.3) is 0 Å². The first-order valence-electron chi connectivity index (χ1n) is 6.50. The quantitative estimate of drug-likeness (QED) is 0.780. The predicted molar refractivity (Wildman–Crippen MR) is 77.4 cm³/mol. The number of carboxylic acid groups (broad SMARTS) is 1. The summed E-state index contributed by atoms with van der Waals surface area (Å²) in [4.78, 5) is 15.8. The number of aromatic carboxylic acids is 1. The van der Waals surface area contributed by atoms with Gasteiger partial charge in [0.05, 0.1) is 5.56 Å². The standard InChI is InChI=1S/C15H14N4O2/c1-8-4-5-9(2)13(15(20)21)12(8)14-18-17-11-6-10(3)16-7-19(11)14/h4-7H,1-3H3,(H,20,21). The van der Waals surface area contributed by atoms with Gasteiger partial charge in [0.15, 0.2) is 11.5 Å². The van der Waals surface area contributed by atoms with Crippen LogP contribution in [0.4, 0.5) is 0 Å². The average molecular weight is 282 g/mol. The topological polar surface area (TPSA) is 80.4 Å². The monoisotopic (exact) mass is 282 g/mol. The maximum absolute atomic E-state index is 11.6. The fourth-order valence-electron chi connectivity index (χ4n) is 2.43. The van der Waals surface area contributed by atoms with Crippen LogP contribution in [0.2, 0.25) is 0 Å². The molecule has 3 rings (SSSR count). The smallest absolute Gasteiger partial charge is 0.336 e. The SMILES string of the molecule is Cc1cc2nnc(-c3c(C)ccc(C)c3C(=O)O)n2cn1. The summed E-state index contributed by atoms with van der Waals surface area (Å²) in [6.45, 7) is 5.51. The molecule has 0 fully saturated rings. The highest BCUT2D eigenvalue weighted by atomic mass is 16.4. The molecule has 0 saturated carbocycles. The Labute approximate surface area is 121 Å². The highest BCUT2D eigenvalue weighted by molar-refractivity contribution is 5.97. The van der Waals surface area contributed by atoms with Crippen LogP contribution in [-0.4, -0.2) is 30.7 Å². The minimum absolute atomic E-state index is 0.255. The Morgan fingerprint density at radius 1 is 1.14 bits per heavy atom. The van der Waals surface area contributed by atoms with E-state index in [2.05, 4.69) is 15.2 Å². The number of hydrogen-bond donors (Lipinski definition) is 1. The number of aryl methyl sites for hydroxylation is 3. The molecule has 0 spiro atoms. The van der Waals surface area contributed by atoms with E-state index in [1.165, 1.54) is 0 Å². The van der Waals surface area contributed by atoms with Crippen LogP contribution in [-0.2, 0) is 0 Å². The first-order chi connectivity index (χ1) is 9.99. The molecule has 0 saturated heterocycles. The van der Waals surface area contributed by atoms with Crippen LogP contribution < -0.4 is 0 Å². The van der Waals surface area contributed by atoms with Gasteiger partial charge in [-0.1, -0.05) is 12.1 Å². The predicted octanol–water partition coefficient (Wildman–Crippen LogP) is 2.41. The molecule has 1 aromatic carbocycles. The molecule has 0 aliphatic carbocycles. The third-order valence-electron chi connectivity index (χ3n) is 3.50. The zero-order chi connectivity index (χ0) is 15.1. The molecular weight excluding hydrogens is 268 g/mol. The number of fused-ring (bicyclic) bond motifs is 1. The minimum atomic E-state index is -0.969. The van der Waals surface area contributed by atoms with Crippen molar-refractivity contribution in [2.75, 3.05) is 0 Å². The number of benzene rings is 1. The molecule has 6 heteroatoms. The minimum Gasteiger partial charge on any atom is -0.478 e. The van der Waals surface area contributed by atoms with Crippen molar-refractivity contribution in [1.29, 1.82) is 0 Å². The maximum atomic E-state index is 11.6. The lowest BCUT2D eigenvalue weighted by molar-refractivity contribution is 0.0697. The normalized spacial score (nSPS) is 11.0. The number of carboxylic acids is 1. The second-order valence-corrected chi connectivity index (χ2v) is 5.04. The zero-order valence-electron chi connectivity index (χ0n) is 12.0. The van der Waals surface area contributed by atoms with E-state index in [-0.39, 0.29) is 5.56 Å². The van der Waals surface area contributed by atoms with Gasteiger partial charge >= 0.3 is 5.97 Å². The summed E-state index contributed by atoms with van der Waals surface area (Å²) in [6, 6.07) is 5.50. The summed E-state index contributed by atoms with van der Waals surface area (Å²) in [5.74, 6) is -0.473. The fourth-order valence-corrected chi connectivity index (χ4v) is 2.43. The van der Waals surface area contributed by atoms with Gasteiger partial charge in [-0.2, -0.15) is 0 Å². The highest BCUT2D eigenvalue weighted by Gasteiger charge is 2.21. The van der Waals surface area contributed by atoms with Crippen LogP contribution in [0.25, 0.3) is 17.0 Å². The molecule has 1 N–H and O–H groups in total. The zero-order valence-corrected chi connectivity index (χ0v) is 12.0. The lowest BCUT2D eigenvalue weighted by atomic mass is 9.96. The molecule has 106 valence electrons. The van der Waals surface area contributed by atoms with E-state index < -0.39 is 5.97 Å². The third-order valence-corrected chi connectivity index (χ3v) is 3.50. The van der Waals surface area contributed by atoms with Gasteiger partial charge in [-0.05, 0) is 31.9 Å². The van der Waals surface area contributed by atoms with Crippen molar-refractivity contribution in [2.45, 2.75) is 20.8 Å². The van der Waals surface area contributed by atoms with Crippen molar-refractivity contribution in [3.8, 4) is 11.4 Å². The molecule has 0 bridgehead atoms. The van der Waals surface area contributed by atoms with Crippen LogP contribution in [0.15, 0.2) is 24.5 Å². The highest BCUT2D eigenvalue weighted by Crippen LogP contribution is 2.29. The average Bonchev–Trinajstić information content (AvgIpc) is 2.83. The molecule has 6 nitrogen and oxygen atoms in total. The van der Waals surface area contributed by atoms with Crippen LogP contribution >= 0.6 is 0 Å². The van der Waals surface area contributed by atoms with E-state index in [0.29, 0.717) is 22.6 Å². The van der Waals surface area contributed by atoms with E-state index >= 15 is 0 Å². The van der Waals surface area contributed by atoms with Gasteiger partial charge in [0.1, 0.15) is 6.33 Å². The summed E-state index contributed by atoms with van der Waals surface area (Å²) < 4.78 is 1.71. The van der Waals surface area contributed by atoms with Crippen molar-refractivity contribution in [3.63, 3.8) is 0 Å². The molecule has 21 heavy (non-hydrogen) atoms. The van der Waals surface area contributed by atoms with E-state index in [1.54, 1.807) is 23.7 Å². The van der Waals surface area contributed by atoms with Gasteiger partial charge in [0, 0.05) is 17.3 Å². The van der Waals surface area contributed by atoms with Crippen LogP contribution in [0.5, 0.6) is 0 Å². The summed E-state index contributed by atoms with van der Waals surface area (Å²) in [7, 11) is 0. The summed E-state index contributed by atoms with van der Waals surface area (Å²) in [5, 5.41) is 17.8. The molecule has 0 radical (unpaired) electrons. The Morgan fingerprint density at radius 2 is 1.86 bits per heavy atom. The van der Waals surface area contributed by atoms with Crippen molar-refractivity contribution in [3.05, 3.63) is 46.9 Å². The Bertz CT molecular complexity index is 867. The number of hydrogen-bond acceptors (Lipinski definition) is 4. The van der Waals surface area contributed by atoms with E-state index in [0.717, 1.165) is 11.3 Å².